The number of fused-ring (bicyclic) bond motifs is 9. The van der Waals surface area contributed by atoms with Crippen LogP contribution in [0.3, 0.4) is 0 Å². The molecule has 4 heterocycles. The average molecular weight is 824 g/mol. The number of benzene rings is 2. The fraction of sp³-hybridized carbons (Fsp3) is 0.548. The molecule has 235 valence electrons. The summed E-state index contributed by atoms with van der Waals surface area (Å²) in [5.41, 5.74) is 4.37. The molecule has 1 fully saturated rings. The van der Waals surface area contributed by atoms with Gasteiger partial charge in [-0.1, -0.05) is 13.0 Å². The van der Waals surface area contributed by atoms with Crippen LogP contribution in [0, 0.1) is 57.9 Å². The van der Waals surface area contributed by atoms with Crippen molar-refractivity contribution >= 4 is 11.8 Å². The van der Waals surface area contributed by atoms with Crippen LogP contribution >= 0.6 is 0 Å². The number of methoxy groups -OCH3 is 1. The Labute approximate surface area is 292 Å². The van der Waals surface area contributed by atoms with E-state index in [0.29, 0.717) is 46.8 Å². The molecular weight excluding hydrogens is 783 g/mol. The van der Waals surface area contributed by atoms with Gasteiger partial charge in [-0.05, 0) is 51.8 Å². The maximum atomic E-state index is 13.1. The van der Waals surface area contributed by atoms with Crippen LogP contribution in [-0.4, -0.2) is 88.8 Å². The first-order chi connectivity index (χ1) is 20.5. The number of hydrogen-bond donors (Lipinski definition) is 5. The second-order valence-electron chi connectivity index (χ2n) is 12.0. The molecule has 12 nitrogen and oxygen atoms in total. The third kappa shape index (κ3) is 5.03. The number of aromatic hydroxyl groups is 2. The van der Waals surface area contributed by atoms with Gasteiger partial charge in [0.15, 0.2) is 23.0 Å². The summed E-state index contributed by atoms with van der Waals surface area (Å²) in [6, 6.07) is -0.425. The monoisotopic (exact) mass is 823 g/mol. The summed E-state index contributed by atoms with van der Waals surface area (Å²) in [6.07, 6.45) is 0.151. The second-order valence-corrected chi connectivity index (χ2v) is 12.0. The van der Waals surface area contributed by atoms with Crippen molar-refractivity contribution in [2.24, 2.45) is 0 Å². The predicted molar refractivity (Wildman–Crippen MR) is 155 cm³/mol. The molecule has 13 heteroatoms. The number of phenols is 2. The topological polar surface area (TPSA) is 153 Å². The molecule has 2 aromatic rings. The molecule has 1 unspecified atom stereocenters. The van der Waals surface area contributed by atoms with Gasteiger partial charge in [0.1, 0.15) is 18.0 Å². The molecule has 0 spiro atoms. The van der Waals surface area contributed by atoms with E-state index < -0.39 is 24.4 Å². The SMILES string of the molecule is CCC(=O)N[C@@H](C)C(=O)NC[C@H]1c2c(c(O)c(C)c3c2OCO3)CC2[C@H]3c4c(cc(C)c(OC)c4O)C[C@@H]([C@H](O)N21)N3C.[Ac]. The Bertz CT molecular complexity index is 1500. The first-order valence-electron chi connectivity index (χ1n) is 14.8. The molecule has 5 N–H and O–H groups in total. The van der Waals surface area contributed by atoms with Gasteiger partial charge in [0.25, 0.3) is 0 Å². The Morgan fingerprint density at radius 1 is 1.11 bits per heavy atom. The first-order valence-corrected chi connectivity index (χ1v) is 14.8. The van der Waals surface area contributed by atoms with Crippen molar-refractivity contribution in [3.05, 3.63) is 39.4 Å². The number of aliphatic hydroxyl groups is 1. The molecule has 1 radical (unpaired) electrons. The summed E-state index contributed by atoms with van der Waals surface area (Å²) in [6.45, 7) is 7.06. The van der Waals surface area contributed by atoms with Crippen LogP contribution in [0.1, 0.15) is 65.7 Å². The molecule has 6 atom stereocenters. The molecule has 4 aliphatic heterocycles. The molecule has 4 aliphatic rings. The summed E-state index contributed by atoms with van der Waals surface area (Å²) >= 11 is 0. The molecule has 2 aromatic carbocycles. The van der Waals surface area contributed by atoms with Crippen LogP contribution in [0.25, 0.3) is 0 Å². The molecule has 0 aromatic heterocycles. The summed E-state index contributed by atoms with van der Waals surface area (Å²) in [7, 11) is 3.48. The Balaban J connectivity index is 0.00000384. The standard InChI is InChI=1S/C31H40N4O8.Ac/c1-7-21(36)33-15(4)30(39)32-11-20-23-17(25(37)14(3)28-29(23)43-12-42-28)10-18-24-22-16(8-13(2)27(41-6)26(22)38)9-19(34(24)5)31(40)35(18)20;/h8,15,18-20,24,31,37-38,40H,7,9-12H2,1-6H3,(H,32,39)(H,33,36);/t15-,18?,19-,20-,24-,31-;/m0./s1. The van der Waals surface area contributed by atoms with Gasteiger partial charge in [-0.15, -0.1) is 0 Å². The number of nitrogens with one attached hydrogen (secondary N) is 2. The number of carbonyl (C=O) groups is 2. The Kier molecular flexibility index (Phi) is 9.38. The molecule has 44 heavy (non-hydrogen) atoms. The summed E-state index contributed by atoms with van der Waals surface area (Å²) in [5.74, 6) is 0.900. The minimum Gasteiger partial charge on any atom is -0.507 e. The van der Waals surface area contributed by atoms with Crippen molar-refractivity contribution in [2.75, 3.05) is 27.5 Å². The van der Waals surface area contributed by atoms with Gasteiger partial charge < -0.3 is 40.2 Å². The number of phenolic OH excluding ortho intramolecular Hbond substituents is 2. The first kappa shape index (κ1) is 33.1. The van der Waals surface area contributed by atoms with Gasteiger partial charge in [-0.3, -0.25) is 19.4 Å². The van der Waals surface area contributed by atoms with Crippen LogP contribution in [0.15, 0.2) is 6.07 Å². The van der Waals surface area contributed by atoms with Gasteiger partial charge in [0.2, 0.25) is 18.6 Å². The molecule has 2 amide bonds. The van der Waals surface area contributed by atoms with E-state index in [9.17, 15) is 24.9 Å². The minimum atomic E-state index is -0.947. The van der Waals surface area contributed by atoms with Crippen molar-refractivity contribution in [1.29, 1.82) is 0 Å². The van der Waals surface area contributed by atoms with Crippen molar-refractivity contribution < 1.29 is 83.2 Å². The second kappa shape index (κ2) is 12.5. The number of likely N-dealkylation sites (N-methyl/N-ethyl adjacent to an activating group) is 1. The number of amides is 2. The van der Waals surface area contributed by atoms with Crippen LogP contribution in [0.4, 0.5) is 0 Å². The molecule has 1 saturated heterocycles. The summed E-state index contributed by atoms with van der Waals surface area (Å²) in [4.78, 5) is 29.2. The van der Waals surface area contributed by atoms with Crippen molar-refractivity contribution in [3.8, 4) is 28.7 Å². The Morgan fingerprint density at radius 2 is 1.82 bits per heavy atom. The fourth-order valence-corrected chi connectivity index (χ4v) is 7.61. The number of piperazine rings is 1. The number of aryl methyl sites for hydroxylation is 1. The van der Waals surface area contributed by atoms with Crippen LogP contribution in [-0.2, 0) is 22.4 Å². The fourth-order valence-electron chi connectivity index (χ4n) is 7.61. The number of aliphatic hydroxyl groups excluding tert-OH is 1. The van der Waals surface area contributed by atoms with E-state index >= 15 is 0 Å². The largest absolute Gasteiger partial charge is 0.507 e. The van der Waals surface area contributed by atoms with Gasteiger partial charge in [-0.25, -0.2) is 0 Å². The third-order valence-electron chi connectivity index (χ3n) is 9.68. The van der Waals surface area contributed by atoms with E-state index in [4.69, 9.17) is 14.2 Å². The van der Waals surface area contributed by atoms with E-state index in [1.165, 1.54) is 7.11 Å². The number of rotatable bonds is 6. The van der Waals surface area contributed by atoms with E-state index in [1.807, 2.05) is 24.9 Å². The van der Waals surface area contributed by atoms with Crippen molar-refractivity contribution in [1.82, 2.24) is 20.4 Å². The molecule has 6 rings (SSSR count). The number of ether oxygens (including phenoxy) is 3. The van der Waals surface area contributed by atoms with Crippen molar-refractivity contribution in [2.45, 2.75) is 83.4 Å². The predicted octanol–water partition coefficient (Wildman–Crippen LogP) is 1.68. The number of hydrogen-bond acceptors (Lipinski definition) is 10. The normalized spacial score (nSPS) is 25.6. The zero-order chi connectivity index (χ0) is 30.9. The van der Waals surface area contributed by atoms with E-state index in [1.54, 1.807) is 20.8 Å². The van der Waals surface area contributed by atoms with Crippen LogP contribution in [0.5, 0.6) is 28.7 Å². The molecular formula is C31H40AcN4O8. The van der Waals surface area contributed by atoms with E-state index in [0.717, 1.165) is 16.7 Å². The van der Waals surface area contributed by atoms with Gasteiger partial charge >= 0.3 is 0 Å². The Hall–Kier alpha value is -2.30. The zero-order valence-electron chi connectivity index (χ0n) is 25.9. The quantitative estimate of drug-likeness (QED) is 0.291. The van der Waals surface area contributed by atoms with Crippen LogP contribution < -0.4 is 24.8 Å². The smallest absolute Gasteiger partial charge is 0.242 e. The van der Waals surface area contributed by atoms with Crippen LogP contribution in [0.2, 0.25) is 0 Å². The minimum absolute atomic E-state index is 0. The maximum Gasteiger partial charge on any atom is 0.242 e. The average Bonchev–Trinajstić information content (AvgIpc) is 3.47. The molecule has 0 saturated carbocycles. The number of nitrogens with zero attached hydrogens (tertiary/aromatic N) is 2. The van der Waals surface area contributed by atoms with Gasteiger partial charge in [0.05, 0.1) is 25.2 Å². The van der Waals surface area contributed by atoms with Crippen molar-refractivity contribution in [3.63, 3.8) is 0 Å². The summed E-state index contributed by atoms with van der Waals surface area (Å²) in [5, 5.41) is 40.7. The van der Waals surface area contributed by atoms with E-state index in [2.05, 4.69) is 15.5 Å². The number of carbonyl (C=O) groups excluding carboxylic acids is 2. The molecule has 2 bridgehead atoms. The van der Waals surface area contributed by atoms with E-state index in [-0.39, 0.29) is 99.2 Å². The zero-order valence-corrected chi connectivity index (χ0v) is 30.7. The third-order valence-corrected chi connectivity index (χ3v) is 9.68. The van der Waals surface area contributed by atoms with Gasteiger partial charge in [0, 0.05) is 85.3 Å². The summed E-state index contributed by atoms with van der Waals surface area (Å²) < 4.78 is 17.3. The Morgan fingerprint density at radius 3 is 2.50 bits per heavy atom. The molecule has 0 aliphatic carbocycles. The maximum absolute atomic E-state index is 13.1. The van der Waals surface area contributed by atoms with Gasteiger partial charge in [-0.2, -0.15) is 0 Å².